The van der Waals surface area contributed by atoms with Crippen LogP contribution in [0.2, 0.25) is 0 Å². The van der Waals surface area contributed by atoms with Gasteiger partial charge in [0.05, 0.1) is 12.2 Å². The Labute approximate surface area is 196 Å². The lowest BCUT2D eigenvalue weighted by Crippen LogP contribution is -2.15. The van der Waals surface area contributed by atoms with Gasteiger partial charge in [0.1, 0.15) is 5.69 Å². The van der Waals surface area contributed by atoms with E-state index in [1.165, 1.54) is 6.07 Å². The number of hydrogen-bond acceptors (Lipinski definition) is 2. The van der Waals surface area contributed by atoms with Crippen LogP contribution >= 0.6 is 0 Å². The van der Waals surface area contributed by atoms with Gasteiger partial charge in [0.25, 0.3) is 0 Å². The number of esters is 1. The van der Waals surface area contributed by atoms with Gasteiger partial charge in [-0.25, -0.2) is 4.79 Å². The summed E-state index contributed by atoms with van der Waals surface area (Å²) in [6, 6.07) is 19.1. The lowest BCUT2D eigenvalue weighted by Gasteiger charge is -2.13. The molecule has 3 aromatic carbocycles. The van der Waals surface area contributed by atoms with Gasteiger partial charge >= 0.3 is 12.1 Å². The molecule has 3 nitrogen and oxygen atoms in total. The van der Waals surface area contributed by atoms with E-state index < -0.39 is 17.7 Å². The molecule has 0 N–H and O–H groups in total. The van der Waals surface area contributed by atoms with Crippen molar-refractivity contribution in [1.29, 1.82) is 0 Å². The van der Waals surface area contributed by atoms with Crippen LogP contribution in [-0.4, -0.2) is 17.1 Å². The van der Waals surface area contributed by atoms with Crippen molar-refractivity contribution < 1.29 is 22.7 Å². The Bertz CT molecular complexity index is 1330. The molecule has 4 aromatic rings. The molecule has 0 spiro atoms. The molecule has 0 saturated carbocycles. The van der Waals surface area contributed by atoms with E-state index in [-0.39, 0.29) is 13.0 Å². The second kappa shape index (κ2) is 9.37. The Hall–Kier alpha value is -3.54. The first-order chi connectivity index (χ1) is 16.2. The predicted octanol–water partition coefficient (Wildman–Crippen LogP) is 7.09. The van der Waals surface area contributed by atoms with Crippen molar-refractivity contribution in [3.05, 3.63) is 106 Å². The number of hydrogen-bond donors (Lipinski definition) is 0. The summed E-state index contributed by atoms with van der Waals surface area (Å²) in [5, 5.41) is 0.826. The number of alkyl halides is 3. The molecule has 0 unspecified atom stereocenters. The van der Waals surface area contributed by atoms with Crippen molar-refractivity contribution in [3.63, 3.8) is 0 Å². The fourth-order valence-electron chi connectivity index (χ4n) is 4.56. The Balaban J connectivity index is 1.89. The van der Waals surface area contributed by atoms with Crippen molar-refractivity contribution in [2.75, 3.05) is 6.61 Å². The topological polar surface area (TPSA) is 31.2 Å². The molecular formula is C28H26F3NO2. The molecule has 0 fully saturated rings. The second-order valence-corrected chi connectivity index (χ2v) is 8.52. The summed E-state index contributed by atoms with van der Waals surface area (Å²) in [5.74, 6) is -0.481. The predicted molar refractivity (Wildman–Crippen MR) is 127 cm³/mol. The number of rotatable bonds is 6. The van der Waals surface area contributed by atoms with Crippen molar-refractivity contribution >= 4 is 16.9 Å². The Morgan fingerprint density at radius 1 is 0.912 bits per heavy atom. The largest absolute Gasteiger partial charge is 0.461 e. The molecule has 0 bridgehead atoms. The van der Waals surface area contributed by atoms with Gasteiger partial charge in [-0.15, -0.1) is 0 Å². The second-order valence-electron chi connectivity index (χ2n) is 8.52. The lowest BCUT2D eigenvalue weighted by atomic mass is 10.00. The minimum atomic E-state index is -4.43. The summed E-state index contributed by atoms with van der Waals surface area (Å²) in [6.45, 7) is 6.43. The van der Waals surface area contributed by atoms with Crippen LogP contribution in [0.4, 0.5) is 13.2 Å². The van der Waals surface area contributed by atoms with E-state index in [0.717, 1.165) is 39.7 Å². The maximum atomic E-state index is 13.3. The first-order valence-corrected chi connectivity index (χ1v) is 11.2. The number of aryl methyl sites for hydroxylation is 2. The Morgan fingerprint density at radius 3 is 2.29 bits per heavy atom. The minimum Gasteiger partial charge on any atom is -0.461 e. The molecule has 0 aliphatic carbocycles. The maximum absolute atomic E-state index is 13.3. The van der Waals surface area contributed by atoms with E-state index >= 15 is 0 Å². The highest BCUT2D eigenvalue weighted by molar-refractivity contribution is 5.99. The number of carbonyl (C=O) groups excluding carboxylic acids is 1. The third kappa shape index (κ3) is 4.86. The third-order valence-electron chi connectivity index (χ3n) is 5.80. The summed E-state index contributed by atoms with van der Waals surface area (Å²) in [4.78, 5) is 13.2. The van der Waals surface area contributed by atoms with E-state index in [4.69, 9.17) is 4.74 Å². The van der Waals surface area contributed by atoms with Gasteiger partial charge in [0.15, 0.2) is 0 Å². The molecule has 4 rings (SSSR count). The summed E-state index contributed by atoms with van der Waals surface area (Å²) < 4.78 is 47.2. The van der Waals surface area contributed by atoms with E-state index in [9.17, 15) is 18.0 Å². The van der Waals surface area contributed by atoms with Gasteiger partial charge < -0.3 is 9.30 Å². The first kappa shape index (κ1) is 23.6. The lowest BCUT2D eigenvalue weighted by molar-refractivity contribution is -0.137. The molecule has 34 heavy (non-hydrogen) atoms. The van der Waals surface area contributed by atoms with E-state index in [2.05, 4.69) is 18.2 Å². The highest BCUT2D eigenvalue weighted by atomic mass is 19.4. The molecule has 0 aliphatic rings. The first-order valence-electron chi connectivity index (χ1n) is 11.2. The number of para-hydroxylation sites is 1. The van der Waals surface area contributed by atoms with Gasteiger partial charge in [0.2, 0.25) is 0 Å². The number of fused-ring (bicyclic) bond motifs is 1. The monoisotopic (exact) mass is 465 g/mol. The van der Waals surface area contributed by atoms with Gasteiger partial charge in [-0.2, -0.15) is 13.2 Å². The standard InChI is InChI=1S/C28H26F3NO2/c1-4-34-27(33)26-24(16-20-8-7-9-22(15-20)28(29,30)31)23-10-5-6-11-25(23)32(26)17-21-13-18(2)12-19(3)14-21/h5-15H,4,16-17H2,1-3H3. The molecule has 0 atom stereocenters. The van der Waals surface area contributed by atoms with Crippen molar-refractivity contribution in [1.82, 2.24) is 4.57 Å². The molecule has 6 heteroatoms. The summed E-state index contributed by atoms with van der Waals surface area (Å²) in [7, 11) is 0. The van der Waals surface area contributed by atoms with Crippen LogP contribution in [0, 0.1) is 13.8 Å². The number of nitrogens with zero attached hydrogens (tertiary/aromatic N) is 1. The van der Waals surface area contributed by atoms with Crippen LogP contribution in [0.5, 0.6) is 0 Å². The molecule has 176 valence electrons. The number of benzene rings is 3. The Kier molecular flexibility index (Phi) is 6.51. The third-order valence-corrected chi connectivity index (χ3v) is 5.80. The van der Waals surface area contributed by atoms with Crippen molar-refractivity contribution in [2.45, 2.75) is 39.9 Å². The molecule has 1 heterocycles. The number of carbonyl (C=O) groups is 1. The number of ether oxygens (including phenoxy) is 1. The minimum absolute atomic E-state index is 0.179. The molecule has 0 radical (unpaired) electrons. The quantitative estimate of drug-likeness (QED) is 0.285. The van der Waals surface area contributed by atoms with Crippen LogP contribution in [0.1, 0.15) is 50.8 Å². The highest BCUT2D eigenvalue weighted by Crippen LogP contribution is 2.33. The van der Waals surface area contributed by atoms with Crippen LogP contribution in [-0.2, 0) is 23.9 Å². The molecule has 0 aliphatic heterocycles. The van der Waals surface area contributed by atoms with Crippen LogP contribution in [0.15, 0.2) is 66.7 Å². The summed E-state index contributed by atoms with van der Waals surface area (Å²) in [6.07, 6.45) is -4.25. The molecular weight excluding hydrogens is 439 g/mol. The zero-order valence-electron chi connectivity index (χ0n) is 19.4. The summed E-state index contributed by atoms with van der Waals surface area (Å²) >= 11 is 0. The molecule has 1 aromatic heterocycles. The normalized spacial score (nSPS) is 11.7. The average Bonchev–Trinajstić information content (AvgIpc) is 3.06. The zero-order valence-corrected chi connectivity index (χ0v) is 19.4. The zero-order chi connectivity index (χ0) is 24.5. The van der Waals surface area contributed by atoms with Gasteiger partial charge in [0, 0.05) is 23.9 Å². The molecule has 0 amide bonds. The van der Waals surface area contributed by atoms with Crippen LogP contribution in [0.3, 0.4) is 0 Å². The van der Waals surface area contributed by atoms with Crippen LogP contribution < -0.4 is 0 Å². The van der Waals surface area contributed by atoms with E-state index in [1.807, 2.05) is 42.7 Å². The van der Waals surface area contributed by atoms with E-state index in [1.54, 1.807) is 13.0 Å². The van der Waals surface area contributed by atoms with Gasteiger partial charge in [-0.05, 0) is 49.6 Å². The SMILES string of the molecule is CCOC(=O)c1c(Cc2cccc(C(F)(F)F)c2)c2ccccc2n1Cc1cc(C)cc(C)c1. The fraction of sp³-hybridized carbons (Fsp3) is 0.250. The number of halogens is 3. The van der Waals surface area contributed by atoms with Crippen LogP contribution in [0.25, 0.3) is 10.9 Å². The van der Waals surface area contributed by atoms with Crippen molar-refractivity contribution in [2.24, 2.45) is 0 Å². The Morgan fingerprint density at radius 2 is 1.62 bits per heavy atom. The number of aromatic nitrogens is 1. The van der Waals surface area contributed by atoms with E-state index in [0.29, 0.717) is 23.4 Å². The molecule has 0 saturated heterocycles. The van der Waals surface area contributed by atoms with Gasteiger partial charge in [-0.1, -0.05) is 65.7 Å². The smallest absolute Gasteiger partial charge is 0.416 e. The van der Waals surface area contributed by atoms with Crippen molar-refractivity contribution in [3.8, 4) is 0 Å². The maximum Gasteiger partial charge on any atom is 0.416 e. The van der Waals surface area contributed by atoms with Gasteiger partial charge in [-0.3, -0.25) is 0 Å². The summed E-state index contributed by atoms with van der Waals surface area (Å²) in [5.41, 5.74) is 4.93. The fourth-order valence-corrected chi connectivity index (χ4v) is 4.56. The highest BCUT2D eigenvalue weighted by Gasteiger charge is 2.31. The average molecular weight is 466 g/mol.